The van der Waals surface area contributed by atoms with Crippen molar-refractivity contribution in [2.24, 2.45) is 5.92 Å². The van der Waals surface area contributed by atoms with Crippen molar-refractivity contribution in [3.8, 4) is 11.3 Å². The Labute approximate surface area is 183 Å². The highest BCUT2D eigenvalue weighted by Crippen LogP contribution is 2.42. The Hall–Kier alpha value is -1.93. The maximum Gasteiger partial charge on any atom is 0.417 e. The van der Waals surface area contributed by atoms with Crippen molar-refractivity contribution in [3.63, 3.8) is 0 Å². The number of carboxylic acids is 1. The van der Waals surface area contributed by atoms with E-state index < -0.39 is 17.7 Å². The molecule has 2 aliphatic rings. The van der Waals surface area contributed by atoms with Crippen molar-refractivity contribution in [2.75, 3.05) is 13.1 Å². The Morgan fingerprint density at radius 3 is 2.45 bits per heavy atom. The highest BCUT2D eigenvalue weighted by Gasteiger charge is 2.35. The number of benzene rings is 1. The van der Waals surface area contributed by atoms with E-state index >= 15 is 0 Å². The van der Waals surface area contributed by atoms with E-state index in [1.54, 1.807) is 11.4 Å². The largest absolute Gasteiger partial charge is 0.481 e. The van der Waals surface area contributed by atoms with Crippen LogP contribution in [0.3, 0.4) is 0 Å². The molecule has 0 amide bonds. The van der Waals surface area contributed by atoms with Gasteiger partial charge < -0.3 is 10.4 Å². The van der Waals surface area contributed by atoms with Crippen LogP contribution < -0.4 is 5.32 Å². The number of hydrogen-bond acceptors (Lipinski definition) is 4. The van der Waals surface area contributed by atoms with Gasteiger partial charge in [0.1, 0.15) is 0 Å². The molecule has 0 saturated heterocycles. The van der Waals surface area contributed by atoms with Crippen molar-refractivity contribution in [2.45, 2.75) is 63.5 Å². The second kappa shape index (κ2) is 9.28. The third-order valence-electron chi connectivity index (χ3n) is 6.55. The minimum Gasteiger partial charge on any atom is -0.481 e. The van der Waals surface area contributed by atoms with Crippen molar-refractivity contribution in [1.29, 1.82) is 0 Å². The highest BCUT2D eigenvalue weighted by molar-refractivity contribution is 7.10. The second-order valence-electron chi connectivity index (χ2n) is 8.64. The summed E-state index contributed by atoms with van der Waals surface area (Å²) in [6.07, 6.45) is 1.53. The van der Waals surface area contributed by atoms with Crippen molar-refractivity contribution < 1.29 is 23.1 Å². The van der Waals surface area contributed by atoms with E-state index in [4.69, 9.17) is 5.11 Å². The number of nitrogens with one attached hydrogen (secondary N) is 1. The van der Waals surface area contributed by atoms with E-state index in [1.807, 2.05) is 0 Å². The Morgan fingerprint density at radius 2 is 1.81 bits per heavy atom. The zero-order chi connectivity index (χ0) is 22.0. The van der Waals surface area contributed by atoms with E-state index in [-0.39, 0.29) is 17.9 Å². The number of aromatic nitrogens is 1. The molecule has 0 spiro atoms. The van der Waals surface area contributed by atoms with Gasteiger partial charge in [-0.15, -0.1) is 11.3 Å². The van der Waals surface area contributed by atoms with Gasteiger partial charge in [-0.3, -0.25) is 4.79 Å². The first-order valence-corrected chi connectivity index (χ1v) is 11.8. The zero-order valence-corrected chi connectivity index (χ0v) is 18.1. The molecule has 1 saturated carbocycles. The molecule has 8 heteroatoms. The van der Waals surface area contributed by atoms with Crippen molar-refractivity contribution >= 4 is 17.3 Å². The lowest BCUT2D eigenvalue weighted by molar-refractivity contribution is -0.138. The fraction of sp³-hybridized carbons (Fsp3) is 0.565. The minimum absolute atomic E-state index is 0.186. The summed E-state index contributed by atoms with van der Waals surface area (Å²) in [6, 6.07) is 3.02. The van der Waals surface area contributed by atoms with E-state index in [2.05, 4.69) is 10.3 Å². The molecule has 2 N–H and O–H groups in total. The van der Waals surface area contributed by atoms with Crippen LogP contribution in [0.5, 0.6) is 0 Å². The lowest BCUT2D eigenvalue weighted by atomic mass is 9.80. The first kappa shape index (κ1) is 22.3. The van der Waals surface area contributed by atoms with E-state index in [0.29, 0.717) is 31.0 Å². The van der Waals surface area contributed by atoms with Gasteiger partial charge in [0, 0.05) is 23.3 Å². The molecule has 1 aromatic carbocycles. The number of thiazole rings is 1. The van der Waals surface area contributed by atoms with Crippen LogP contribution in [-0.2, 0) is 23.8 Å². The van der Waals surface area contributed by atoms with Crippen LogP contribution in [0.1, 0.15) is 66.1 Å². The first-order valence-electron chi connectivity index (χ1n) is 10.9. The Morgan fingerprint density at radius 1 is 1.13 bits per heavy atom. The molecule has 4 nitrogen and oxygen atoms in total. The number of carboxylic acid groups (broad SMARTS) is 1. The average Bonchev–Trinajstić information content (AvgIpc) is 3.10. The number of halogens is 3. The molecular formula is C23H27F3N2O2S. The molecule has 168 valence electrons. The topological polar surface area (TPSA) is 62.2 Å². The second-order valence-corrected chi connectivity index (χ2v) is 9.52. The number of rotatable bonds is 5. The predicted molar refractivity (Wildman–Crippen MR) is 114 cm³/mol. The summed E-state index contributed by atoms with van der Waals surface area (Å²) >= 11 is 1.45. The molecule has 1 fully saturated rings. The summed E-state index contributed by atoms with van der Waals surface area (Å²) in [6.45, 7) is 1.46. The molecule has 31 heavy (non-hydrogen) atoms. The van der Waals surface area contributed by atoms with Crippen LogP contribution in [0.2, 0.25) is 0 Å². The summed E-state index contributed by atoms with van der Waals surface area (Å²) in [5, 5.41) is 14.8. The predicted octanol–water partition coefficient (Wildman–Crippen LogP) is 5.66. The number of hydrogen-bond donors (Lipinski definition) is 2. The smallest absolute Gasteiger partial charge is 0.417 e. The van der Waals surface area contributed by atoms with Gasteiger partial charge >= 0.3 is 12.1 Å². The zero-order valence-electron chi connectivity index (χ0n) is 17.3. The van der Waals surface area contributed by atoms with Crippen molar-refractivity contribution in [3.05, 3.63) is 39.2 Å². The molecule has 4 rings (SSSR count). The van der Waals surface area contributed by atoms with Gasteiger partial charge in [0.15, 0.2) is 0 Å². The number of aliphatic carboxylic acids is 1. The minimum atomic E-state index is -4.42. The summed E-state index contributed by atoms with van der Waals surface area (Å²) in [7, 11) is 0. The van der Waals surface area contributed by atoms with E-state index in [1.165, 1.54) is 17.4 Å². The fourth-order valence-electron chi connectivity index (χ4n) is 4.80. The summed E-state index contributed by atoms with van der Waals surface area (Å²) in [5.41, 5.74) is 1.76. The van der Waals surface area contributed by atoms with Gasteiger partial charge in [0.25, 0.3) is 0 Å². The van der Waals surface area contributed by atoms with Crippen LogP contribution in [0.4, 0.5) is 13.2 Å². The van der Waals surface area contributed by atoms with Crippen molar-refractivity contribution in [1.82, 2.24) is 10.3 Å². The van der Waals surface area contributed by atoms with E-state index in [9.17, 15) is 18.0 Å². The van der Waals surface area contributed by atoms with E-state index in [0.717, 1.165) is 54.8 Å². The number of alkyl halides is 3. The Balaban J connectivity index is 1.55. The van der Waals surface area contributed by atoms with Gasteiger partial charge in [0.2, 0.25) is 0 Å². The van der Waals surface area contributed by atoms with Crippen LogP contribution in [0, 0.1) is 5.92 Å². The van der Waals surface area contributed by atoms with Gasteiger partial charge in [0.05, 0.1) is 16.3 Å². The maximum absolute atomic E-state index is 13.9. The summed E-state index contributed by atoms with van der Waals surface area (Å²) in [5.74, 6) is -0.0929. The molecule has 1 aliphatic carbocycles. The number of nitrogens with zero attached hydrogens (tertiary/aromatic N) is 1. The molecule has 1 aromatic heterocycles. The molecular weight excluding hydrogens is 425 g/mol. The van der Waals surface area contributed by atoms with Gasteiger partial charge in [-0.25, -0.2) is 4.98 Å². The molecule has 2 aromatic rings. The lowest BCUT2D eigenvalue weighted by Gasteiger charge is -2.26. The van der Waals surface area contributed by atoms with Crippen LogP contribution in [0.15, 0.2) is 17.5 Å². The standard InChI is InChI=1S/C23H27F3N2O2S/c24-23(25,26)19-12-17-8-10-27-9-7-16(17)11-18(19)20-13-31-22(28-20)15-4-1-14(2-5-15)3-6-21(29)30/h11-15,27H,1-10H2,(H,29,30). The quantitative estimate of drug-likeness (QED) is 0.615. The normalized spacial score (nSPS) is 22.0. The first-order chi connectivity index (χ1) is 14.8. The molecule has 0 radical (unpaired) electrons. The van der Waals surface area contributed by atoms with Crippen LogP contribution in [-0.4, -0.2) is 29.1 Å². The molecule has 0 bridgehead atoms. The lowest BCUT2D eigenvalue weighted by Crippen LogP contribution is -2.16. The maximum atomic E-state index is 13.9. The Bertz CT molecular complexity index is 933. The van der Waals surface area contributed by atoms with Crippen LogP contribution >= 0.6 is 11.3 Å². The third-order valence-corrected chi connectivity index (χ3v) is 7.55. The third kappa shape index (κ3) is 5.29. The number of fused-ring (bicyclic) bond motifs is 1. The summed E-state index contributed by atoms with van der Waals surface area (Å²) < 4.78 is 41.6. The molecule has 2 heterocycles. The fourth-order valence-corrected chi connectivity index (χ4v) is 5.79. The molecule has 0 atom stereocenters. The molecule has 0 unspecified atom stereocenters. The molecule has 1 aliphatic heterocycles. The van der Waals surface area contributed by atoms with Gasteiger partial charge in [-0.05, 0) is 87.2 Å². The monoisotopic (exact) mass is 452 g/mol. The van der Waals surface area contributed by atoms with Gasteiger partial charge in [-0.2, -0.15) is 13.2 Å². The van der Waals surface area contributed by atoms with Gasteiger partial charge in [-0.1, -0.05) is 0 Å². The highest BCUT2D eigenvalue weighted by atomic mass is 32.1. The van der Waals surface area contributed by atoms with Crippen LogP contribution in [0.25, 0.3) is 11.3 Å². The SMILES string of the molecule is O=C(O)CCC1CCC(c2nc(-c3cc4c(cc3C(F)(F)F)CCNCC4)cs2)CC1. The average molecular weight is 453 g/mol. The summed E-state index contributed by atoms with van der Waals surface area (Å²) in [4.78, 5) is 15.4. The number of carbonyl (C=O) groups is 1. The Kier molecular flexibility index (Phi) is 6.67.